The quantitative estimate of drug-likeness (QED) is 0.851. The van der Waals surface area contributed by atoms with Crippen LogP contribution in [-0.2, 0) is 0 Å². The highest BCUT2D eigenvalue weighted by atomic mass is 19.1. The number of rotatable bonds is 4. The molecule has 0 unspecified atom stereocenters. The van der Waals surface area contributed by atoms with Crippen molar-refractivity contribution >= 4 is 11.7 Å². The highest BCUT2D eigenvalue weighted by Crippen LogP contribution is 2.39. The Morgan fingerprint density at radius 2 is 1.71 bits per heavy atom. The van der Waals surface area contributed by atoms with Crippen molar-refractivity contribution in [3.05, 3.63) is 45.0 Å². The minimum Gasteiger partial charge on any atom is -0.493 e. The SMILES string of the molecule is COc1cc(NC(=O)n2cc(F)c(=O)[nH]c2=O)cc(OC)c1OC. The Labute approximate surface area is 134 Å². The smallest absolute Gasteiger partial charge is 0.336 e. The van der Waals surface area contributed by atoms with Crippen molar-refractivity contribution in [1.29, 1.82) is 0 Å². The second-order valence-corrected chi connectivity index (χ2v) is 4.45. The van der Waals surface area contributed by atoms with Gasteiger partial charge in [0.15, 0.2) is 11.5 Å². The first-order valence-electron chi connectivity index (χ1n) is 6.54. The summed E-state index contributed by atoms with van der Waals surface area (Å²) in [7, 11) is 4.21. The summed E-state index contributed by atoms with van der Waals surface area (Å²) in [6, 6.07) is 1.86. The van der Waals surface area contributed by atoms with Gasteiger partial charge in [-0.05, 0) is 0 Å². The third-order valence-electron chi connectivity index (χ3n) is 3.03. The lowest BCUT2D eigenvalue weighted by Crippen LogP contribution is -2.37. The number of anilines is 1. The van der Waals surface area contributed by atoms with Crippen LogP contribution in [0.3, 0.4) is 0 Å². The van der Waals surface area contributed by atoms with Crippen LogP contribution in [-0.4, -0.2) is 36.9 Å². The number of methoxy groups -OCH3 is 3. The van der Waals surface area contributed by atoms with Crippen LogP contribution in [0.15, 0.2) is 27.9 Å². The van der Waals surface area contributed by atoms with Crippen molar-refractivity contribution in [2.45, 2.75) is 0 Å². The number of halogens is 1. The maximum Gasteiger partial charge on any atom is 0.336 e. The highest BCUT2D eigenvalue weighted by molar-refractivity contribution is 5.91. The molecule has 0 aliphatic carbocycles. The van der Waals surface area contributed by atoms with E-state index in [1.807, 2.05) is 0 Å². The van der Waals surface area contributed by atoms with Crippen molar-refractivity contribution in [1.82, 2.24) is 9.55 Å². The van der Waals surface area contributed by atoms with Crippen molar-refractivity contribution in [3.8, 4) is 17.2 Å². The lowest BCUT2D eigenvalue weighted by atomic mass is 10.2. The molecule has 0 aliphatic rings. The summed E-state index contributed by atoms with van der Waals surface area (Å²) in [5.41, 5.74) is -2.09. The first-order valence-corrected chi connectivity index (χ1v) is 6.54. The van der Waals surface area contributed by atoms with Gasteiger partial charge in [-0.15, -0.1) is 0 Å². The van der Waals surface area contributed by atoms with Gasteiger partial charge in [0, 0.05) is 12.1 Å². The van der Waals surface area contributed by atoms with Crippen molar-refractivity contribution < 1.29 is 23.4 Å². The van der Waals surface area contributed by atoms with E-state index in [4.69, 9.17) is 14.2 Å². The number of benzene rings is 1. The summed E-state index contributed by atoms with van der Waals surface area (Å²) in [6.07, 6.45) is 0.495. The minimum atomic E-state index is -1.27. The third kappa shape index (κ3) is 3.21. The largest absolute Gasteiger partial charge is 0.493 e. The lowest BCUT2D eigenvalue weighted by molar-refractivity contribution is 0.252. The van der Waals surface area contributed by atoms with E-state index < -0.39 is 23.1 Å². The monoisotopic (exact) mass is 339 g/mol. The van der Waals surface area contributed by atoms with Gasteiger partial charge in [0.25, 0.3) is 5.56 Å². The number of aromatic amines is 1. The van der Waals surface area contributed by atoms with Gasteiger partial charge in [0.2, 0.25) is 11.6 Å². The molecule has 0 spiro atoms. The van der Waals surface area contributed by atoms with Crippen LogP contribution in [0.2, 0.25) is 0 Å². The van der Waals surface area contributed by atoms with Crippen molar-refractivity contribution in [2.75, 3.05) is 26.6 Å². The molecular weight excluding hydrogens is 325 g/mol. The van der Waals surface area contributed by atoms with E-state index in [9.17, 15) is 18.8 Å². The number of nitrogens with zero attached hydrogens (tertiary/aromatic N) is 1. The normalized spacial score (nSPS) is 10.2. The molecule has 24 heavy (non-hydrogen) atoms. The van der Waals surface area contributed by atoms with Crippen LogP contribution in [0.1, 0.15) is 0 Å². The summed E-state index contributed by atoms with van der Waals surface area (Å²) in [6.45, 7) is 0. The van der Waals surface area contributed by atoms with E-state index >= 15 is 0 Å². The zero-order valence-corrected chi connectivity index (χ0v) is 13.0. The average molecular weight is 339 g/mol. The van der Waals surface area contributed by atoms with Crippen LogP contribution in [0.5, 0.6) is 17.2 Å². The summed E-state index contributed by atoms with van der Waals surface area (Å²) in [5, 5.41) is 2.37. The number of carbonyl (C=O) groups is 1. The van der Waals surface area contributed by atoms with Gasteiger partial charge in [-0.3, -0.25) is 9.78 Å². The molecule has 1 aromatic heterocycles. The van der Waals surface area contributed by atoms with Gasteiger partial charge < -0.3 is 19.5 Å². The molecule has 1 amide bonds. The summed E-state index contributed by atoms with van der Waals surface area (Å²) < 4.78 is 29.1. The van der Waals surface area contributed by atoms with E-state index in [1.54, 1.807) is 4.98 Å². The topological polar surface area (TPSA) is 112 Å². The maximum absolute atomic E-state index is 13.3. The molecule has 9 nitrogen and oxygen atoms in total. The van der Waals surface area contributed by atoms with Gasteiger partial charge in [-0.2, -0.15) is 4.39 Å². The standard InChI is InChI=1S/C14H14FN3O6/c1-22-9-4-7(5-10(23-2)11(9)24-3)16-13(20)18-6-8(15)12(19)17-14(18)21/h4-6H,1-3H3,(H,16,20)(H,17,19,21). The summed E-state index contributed by atoms with van der Waals surface area (Å²) in [5.74, 6) is -0.417. The Kier molecular flexibility index (Phi) is 4.87. The lowest BCUT2D eigenvalue weighted by Gasteiger charge is -2.14. The molecule has 2 rings (SSSR count). The van der Waals surface area contributed by atoms with Crippen LogP contribution >= 0.6 is 0 Å². The Hall–Kier alpha value is -3.30. The van der Waals surface area contributed by atoms with Crippen molar-refractivity contribution in [3.63, 3.8) is 0 Å². The predicted molar refractivity (Wildman–Crippen MR) is 81.8 cm³/mol. The fourth-order valence-corrected chi connectivity index (χ4v) is 1.94. The molecule has 2 N–H and O–H groups in total. The van der Waals surface area contributed by atoms with Gasteiger partial charge in [-0.25, -0.2) is 14.2 Å². The van der Waals surface area contributed by atoms with Crippen molar-refractivity contribution in [2.24, 2.45) is 0 Å². The molecule has 2 aromatic rings. The van der Waals surface area contributed by atoms with Gasteiger partial charge in [0.05, 0.1) is 33.2 Å². The molecule has 0 aliphatic heterocycles. The van der Waals surface area contributed by atoms with E-state index in [0.29, 0.717) is 16.5 Å². The second kappa shape index (κ2) is 6.86. The Morgan fingerprint density at radius 1 is 1.12 bits per heavy atom. The van der Waals surface area contributed by atoms with E-state index in [-0.39, 0.29) is 17.2 Å². The van der Waals surface area contributed by atoms with Crippen LogP contribution in [0.25, 0.3) is 0 Å². The van der Waals surface area contributed by atoms with E-state index in [0.717, 1.165) is 0 Å². The van der Waals surface area contributed by atoms with E-state index in [1.165, 1.54) is 33.5 Å². The van der Waals surface area contributed by atoms with Crippen LogP contribution in [0, 0.1) is 5.82 Å². The number of nitrogens with one attached hydrogen (secondary N) is 2. The molecular formula is C14H14FN3O6. The first kappa shape index (κ1) is 17.1. The number of carbonyl (C=O) groups excluding carboxylic acids is 1. The summed E-state index contributed by atoms with van der Waals surface area (Å²) in [4.78, 5) is 36.4. The second-order valence-electron chi connectivity index (χ2n) is 4.45. The van der Waals surface area contributed by atoms with E-state index in [2.05, 4.69) is 5.32 Å². The van der Waals surface area contributed by atoms with Crippen LogP contribution in [0.4, 0.5) is 14.9 Å². The molecule has 1 aromatic carbocycles. The summed E-state index contributed by atoms with van der Waals surface area (Å²) >= 11 is 0. The third-order valence-corrected chi connectivity index (χ3v) is 3.03. The number of H-pyrrole nitrogens is 1. The molecule has 1 heterocycles. The van der Waals surface area contributed by atoms with Gasteiger partial charge in [-0.1, -0.05) is 0 Å². The van der Waals surface area contributed by atoms with Crippen LogP contribution < -0.4 is 30.8 Å². The van der Waals surface area contributed by atoms with Gasteiger partial charge in [0.1, 0.15) is 0 Å². The average Bonchev–Trinajstić information content (AvgIpc) is 2.56. The Balaban J connectivity index is 2.41. The van der Waals surface area contributed by atoms with Gasteiger partial charge >= 0.3 is 11.7 Å². The predicted octanol–water partition coefficient (Wildman–Crippen LogP) is 0.782. The molecule has 0 saturated heterocycles. The number of aromatic nitrogens is 2. The first-order chi connectivity index (χ1) is 11.4. The number of hydrogen-bond acceptors (Lipinski definition) is 6. The maximum atomic E-state index is 13.3. The fourth-order valence-electron chi connectivity index (χ4n) is 1.94. The molecule has 0 atom stereocenters. The minimum absolute atomic E-state index is 0.202. The zero-order chi connectivity index (χ0) is 17.9. The zero-order valence-electron chi connectivity index (χ0n) is 13.0. The fraction of sp³-hybridized carbons (Fsp3) is 0.214. The molecule has 128 valence electrons. The molecule has 0 radical (unpaired) electrons. The number of amides is 1. The Bertz CT molecular complexity index is 864. The number of ether oxygens (including phenoxy) is 3. The molecule has 0 saturated carbocycles. The molecule has 0 bridgehead atoms. The Morgan fingerprint density at radius 3 is 2.21 bits per heavy atom. The molecule has 0 fully saturated rings. The highest BCUT2D eigenvalue weighted by Gasteiger charge is 2.16. The molecule has 10 heteroatoms. The number of hydrogen-bond donors (Lipinski definition) is 2.